The molecule has 0 radical (unpaired) electrons. The van der Waals surface area contributed by atoms with Crippen molar-refractivity contribution in [2.24, 2.45) is 0 Å². The van der Waals surface area contributed by atoms with Crippen LogP contribution in [0.1, 0.15) is 36.0 Å². The number of amides is 1. The summed E-state index contributed by atoms with van der Waals surface area (Å²) in [4.78, 5) is 26.9. The lowest BCUT2D eigenvalue weighted by Crippen LogP contribution is -2.38. The monoisotopic (exact) mass is 465 g/mol. The topological polar surface area (TPSA) is 46.6 Å². The second-order valence-electron chi connectivity index (χ2n) is 7.42. The summed E-state index contributed by atoms with van der Waals surface area (Å²) in [5, 5.41) is 0. The smallest absolute Gasteiger partial charge is 0.416 e. The van der Waals surface area contributed by atoms with E-state index in [4.69, 9.17) is 4.74 Å². The second kappa shape index (κ2) is 9.56. The van der Waals surface area contributed by atoms with Gasteiger partial charge in [0.15, 0.2) is 11.6 Å². The van der Waals surface area contributed by atoms with Gasteiger partial charge in [0.2, 0.25) is 5.91 Å². The van der Waals surface area contributed by atoms with Crippen LogP contribution in [-0.4, -0.2) is 23.4 Å². The molecule has 0 N–H and O–H groups in total. The van der Waals surface area contributed by atoms with Crippen molar-refractivity contribution in [2.45, 2.75) is 32.0 Å². The Labute approximate surface area is 187 Å². The number of hydrogen-bond donors (Lipinski definition) is 0. The molecule has 4 nitrogen and oxygen atoms in total. The first-order valence-electron chi connectivity index (χ1n) is 9.94. The molecule has 0 aliphatic carbocycles. The molecule has 1 unspecified atom stereocenters. The molecule has 2 aromatic carbocycles. The maximum absolute atomic E-state index is 14.2. The highest BCUT2D eigenvalue weighted by molar-refractivity contribution is 5.96. The highest BCUT2D eigenvalue weighted by Gasteiger charge is 2.42. The molecular formula is C24H20F5NO3. The van der Waals surface area contributed by atoms with E-state index in [1.807, 2.05) is 0 Å². The van der Waals surface area contributed by atoms with Crippen LogP contribution in [0, 0.1) is 11.6 Å². The lowest BCUT2D eigenvalue weighted by molar-refractivity contribution is -0.142. The molecule has 0 saturated carbocycles. The van der Waals surface area contributed by atoms with Gasteiger partial charge in [-0.25, -0.2) is 13.6 Å². The van der Waals surface area contributed by atoms with Gasteiger partial charge in [0, 0.05) is 23.6 Å². The lowest BCUT2D eigenvalue weighted by Gasteiger charge is -2.35. The fourth-order valence-electron chi connectivity index (χ4n) is 3.85. The molecule has 174 valence electrons. The standard InChI is InChI=1S/C24H20F5NO3/c1-3-11-33-23(32)21-14(2)30(13-15-7-6-10-19(25)22(15)26)20(31)12-17(21)16-8-4-5-9-18(16)24(27,28)29/h3-10,17H,1,11-13H2,2H3. The third-order valence-electron chi connectivity index (χ3n) is 5.38. The van der Waals surface area contributed by atoms with Crippen molar-refractivity contribution in [1.82, 2.24) is 4.90 Å². The Morgan fingerprint density at radius 3 is 2.55 bits per heavy atom. The third kappa shape index (κ3) is 4.97. The number of benzene rings is 2. The summed E-state index contributed by atoms with van der Waals surface area (Å²) in [7, 11) is 0. The van der Waals surface area contributed by atoms with Crippen molar-refractivity contribution in [3.05, 3.63) is 94.7 Å². The van der Waals surface area contributed by atoms with Gasteiger partial charge in [-0.2, -0.15) is 13.2 Å². The molecule has 0 spiro atoms. The average Bonchev–Trinajstić information content (AvgIpc) is 2.76. The number of nitrogens with zero attached hydrogens (tertiary/aromatic N) is 1. The molecule has 0 aromatic heterocycles. The number of carbonyl (C=O) groups is 2. The molecule has 1 aliphatic heterocycles. The Morgan fingerprint density at radius 1 is 1.18 bits per heavy atom. The van der Waals surface area contributed by atoms with Crippen molar-refractivity contribution in [1.29, 1.82) is 0 Å². The summed E-state index contributed by atoms with van der Waals surface area (Å²) in [6.45, 7) is 4.20. The molecule has 0 fully saturated rings. The van der Waals surface area contributed by atoms with E-state index in [1.54, 1.807) is 0 Å². The van der Waals surface area contributed by atoms with Crippen LogP contribution >= 0.6 is 0 Å². The van der Waals surface area contributed by atoms with Crippen molar-refractivity contribution in [3.63, 3.8) is 0 Å². The molecule has 1 amide bonds. The number of alkyl halides is 3. The maximum Gasteiger partial charge on any atom is 0.416 e. The predicted molar refractivity (Wildman–Crippen MR) is 110 cm³/mol. The van der Waals surface area contributed by atoms with Gasteiger partial charge in [0.05, 0.1) is 17.7 Å². The number of ether oxygens (including phenoxy) is 1. The molecular weight excluding hydrogens is 445 g/mol. The normalized spacial score (nSPS) is 16.7. The largest absolute Gasteiger partial charge is 0.458 e. The minimum Gasteiger partial charge on any atom is -0.458 e. The van der Waals surface area contributed by atoms with Crippen molar-refractivity contribution in [2.75, 3.05) is 6.61 Å². The predicted octanol–water partition coefficient (Wildman–Crippen LogP) is 5.50. The summed E-state index contributed by atoms with van der Waals surface area (Å²) >= 11 is 0. The van der Waals surface area contributed by atoms with E-state index in [2.05, 4.69) is 6.58 Å². The Kier molecular flexibility index (Phi) is 7.00. The fraction of sp³-hybridized carbons (Fsp3) is 0.250. The van der Waals surface area contributed by atoms with Gasteiger partial charge in [0.1, 0.15) is 6.61 Å². The van der Waals surface area contributed by atoms with Crippen LogP contribution < -0.4 is 0 Å². The van der Waals surface area contributed by atoms with E-state index in [-0.39, 0.29) is 29.0 Å². The second-order valence-corrected chi connectivity index (χ2v) is 7.42. The molecule has 0 bridgehead atoms. The Morgan fingerprint density at radius 2 is 1.88 bits per heavy atom. The number of allylic oxidation sites excluding steroid dienone is 1. The number of rotatable bonds is 6. The Bertz CT molecular complexity index is 1120. The minimum atomic E-state index is -4.72. The Balaban J connectivity index is 2.13. The zero-order valence-corrected chi connectivity index (χ0v) is 17.6. The van der Waals surface area contributed by atoms with Gasteiger partial charge in [0.25, 0.3) is 0 Å². The summed E-state index contributed by atoms with van der Waals surface area (Å²) < 4.78 is 73.9. The van der Waals surface area contributed by atoms with Gasteiger partial charge >= 0.3 is 12.1 Å². The first-order valence-corrected chi connectivity index (χ1v) is 9.94. The van der Waals surface area contributed by atoms with Gasteiger partial charge in [-0.1, -0.05) is 43.0 Å². The summed E-state index contributed by atoms with van der Waals surface area (Å²) in [5.74, 6) is -5.06. The zero-order chi connectivity index (χ0) is 24.3. The highest BCUT2D eigenvalue weighted by Crippen LogP contribution is 2.43. The van der Waals surface area contributed by atoms with Gasteiger partial charge in [-0.3, -0.25) is 4.79 Å². The molecule has 1 heterocycles. The van der Waals surface area contributed by atoms with E-state index in [0.29, 0.717) is 0 Å². The number of esters is 1. The van der Waals surface area contributed by atoms with Crippen molar-refractivity contribution >= 4 is 11.9 Å². The highest BCUT2D eigenvalue weighted by atomic mass is 19.4. The molecule has 2 aromatic rings. The summed E-state index contributed by atoms with van der Waals surface area (Å²) in [5.41, 5.74) is -1.53. The minimum absolute atomic E-state index is 0.00551. The van der Waals surface area contributed by atoms with Gasteiger partial charge in [-0.15, -0.1) is 0 Å². The molecule has 9 heteroatoms. The number of halogens is 5. The van der Waals surface area contributed by atoms with E-state index in [0.717, 1.165) is 17.0 Å². The van der Waals surface area contributed by atoms with Crippen LogP contribution in [0.2, 0.25) is 0 Å². The van der Waals surface area contributed by atoms with Gasteiger partial charge < -0.3 is 9.64 Å². The van der Waals surface area contributed by atoms with Crippen molar-refractivity contribution in [3.8, 4) is 0 Å². The Hall–Kier alpha value is -3.49. The van der Waals surface area contributed by atoms with E-state index in [1.165, 1.54) is 43.3 Å². The van der Waals surface area contributed by atoms with Crippen molar-refractivity contribution < 1.29 is 36.3 Å². The van der Waals surface area contributed by atoms with Crippen LogP contribution in [0.4, 0.5) is 22.0 Å². The zero-order valence-electron chi connectivity index (χ0n) is 17.6. The molecule has 3 rings (SSSR count). The SMILES string of the molecule is C=CCOC(=O)C1=C(C)N(Cc2cccc(F)c2F)C(=O)CC1c1ccccc1C(F)(F)F. The summed E-state index contributed by atoms with van der Waals surface area (Å²) in [6, 6.07) is 8.13. The molecule has 33 heavy (non-hydrogen) atoms. The number of hydrogen-bond acceptors (Lipinski definition) is 3. The lowest BCUT2D eigenvalue weighted by atomic mass is 9.81. The molecule has 0 saturated heterocycles. The quantitative estimate of drug-likeness (QED) is 0.322. The van der Waals surface area contributed by atoms with Crippen LogP contribution in [0.5, 0.6) is 0 Å². The van der Waals surface area contributed by atoms with Crippen LogP contribution in [-0.2, 0) is 27.0 Å². The van der Waals surface area contributed by atoms with Crippen LogP contribution in [0.3, 0.4) is 0 Å². The average molecular weight is 465 g/mol. The molecule has 1 atom stereocenters. The van der Waals surface area contributed by atoms with Crippen LogP contribution in [0.25, 0.3) is 0 Å². The fourth-order valence-corrected chi connectivity index (χ4v) is 3.85. The first kappa shape index (κ1) is 24.2. The molecule has 1 aliphatic rings. The van der Waals surface area contributed by atoms with Gasteiger partial charge in [-0.05, 0) is 24.6 Å². The third-order valence-corrected chi connectivity index (χ3v) is 5.38. The maximum atomic E-state index is 14.2. The van der Waals surface area contributed by atoms with E-state index >= 15 is 0 Å². The van der Waals surface area contributed by atoms with Crippen LogP contribution in [0.15, 0.2) is 66.4 Å². The first-order chi connectivity index (χ1) is 15.6. The van der Waals surface area contributed by atoms with E-state index in [9.17, 15) is 31.5 Å². The number of carbonyl (C=O) groups excluding carboxylic acids is 2. The summed E-state index contributed by atoms with van der Waals surface area (Å²) in [6.07, 6.45) is -3.91. The van der Waals surface area contributed by atoms with E-state index < -0.39 is 54.1 Å².